The third-order valence-electron chi connectivity index (χ3n) is 2.24. The summed E-state index contributed by atoms with van der Waals surface area (Å²) in [7, 11) is 0. The second-order valence-electron chi connectivity index (χ2n) is 3.63. The Morgan fingerprint density at radius 2 is 2.06 bits per heavy atom. The first-order valence-electron chi connectivity index (χ1n) is 5.05. The van der Waals surface area contributed by atoms with Gasteiger partial charge in [-0.2, -0.15) is 0 Å². The lowest BCUT2D eigenvalue weighted by atomic mass is 10.1. The van der Waals surface area contributed by atoms with Crippen LogP contribution in [0.2, 0.25) is 5.02 Å². The van der Waals surface area contributed by atoms with E-state index in [4.69, 9.17) is 11.6 Å². The van der Waals surface area contributed by atoms with Crippen LogP contribution in [-0.4, -0.2) is 18.5 Å². The number of amides is 1. The van der Waals surface area contributed by atoms with Crippen molar-refractivity contribution in [3.05, 3.63) is 46.6 Å². The minimum absolute atomic E-state index is 0.130. The van der Waals surface area contributed by atoms with Gasteiger partial charge in [0, 0.05) is 11.1 Å². The summed E-state index contributed by atoms with van der Waals surface area (Å²) in [6.07, 6.45) is 1.52. The number of hydrogen-bond acceptors (Lipinski definition) is 3. The van der Waals surface area contributed by atoms with E-state index in [1.165, 1.54) is 6.08 Å². The monoisotopic (exact) mass is 251 g/mol. The van der Waals surface area contributed by atoms with Gasteiger partial charge < -0.3 is 10.1 Å². The SMILES string of the molecule is O=C(Cc1ccc(Cl)cc1)NC1=CC(=O)OC1. The van der Waals surface area contributed by atoms with E-state index in [0.29, 0.717) is 10.7 Å². The molecule has 0 spiro atoms. The number of hydrogen-bond donors (Lipinski definition) is 1. The van der Waals surface area contributed by atoms with Gasteiger partial charge in [0.15, 0.2) is 0 Å². The highest BCUT2D eigenvalue weighted by atomic mass is 35.5. The third kappa shape index (κ3) is 3.32. The third-order valence-corrected chi connectivity index (χ3v) is 2.49. The van der Waals surface area contributed by atoms with Gasteiger partial charge in [0.25, 0.3) is 0 Å². The highest BCUT2D eigenvalue weighted by Crippen LogP contribution is 2.10. The highest BCUT2D eigenvalue weighted by molar-refractivity contribution is 6.30. The number of rotatable bonds is 3. The molecule has 0 atom stereocenters. The van der Waals surface area contributed by atoms with E-state index in [-0.39, 0.29) is 18.9 Å². The number of carbonyl (C=O) groups is 2. The average Bonchev–Trinajstić information content (AvgIpc) is 2.67. The number of halogens is 1. The Bertz CT molecular complexity index is 479. The van der Waals surface area contributed by atoms with Crippen LogP contribution in [0, 0.1) is 0 Å². The van der Waals surface area contributed by atoms with Gasteiger partial charge in [0.05, 0.1) is 12.1 Å². The molecule has 17 heavy (non-hydrogen) atoms. The number of esters is 1. The van der Waals surface area contributed by atoms with E-state index in [0.717, 1.165) is 5.56 Å². The fourth-order valence-corrected chi connectivity index (χ4v) is 1.58. The van der Waals surface area contributed by atoms with Gasteiger partial charge >= 0.3 is 5.97 Å². The van der Waals surface area contributed by atoms with Crippen LogP contribution in [0.4, 0.5) is 0 Å². The molecule has 1 aliphatic heterocycles. The van der Waals surface area contributed by atoms with Crippen molar-refractivity contribution in [2.45, 2.75) is 6.42 Å². The molecule has 1 amide bonds. The van der Waals surface area contributed by atoms with Crippen LogP contribution in [0.25, 0.3) is 0 Å². The van der Waals surface area contributed by atoms with Gasteiger partial charge in [-0.3, -0.25) is 4.79 Å². The molecular formula is C12H10ClNO3. The van der Waals surface area contributed by atoms with Crippen LogP contribution in [-0.2, 0) is 20.7 Å². The van der Waals surface area contributed by atoms with Crippen molar-refractivity contribution in [2.75, 3.05) is 6.61 Å². The Labute approximate surface area is 103 Å². The molecule has 0 saturated carbocycles. The van der Waals surface area contributed by atoms with Crippen molar-refractivity contribution in [3.8, 4) is 0 Å². The predicted molar refractivity (Wildman–Crippen MR) is 62.3 cm³/mol. The number of benzene rings is 1. The zero-order chi connectivity index (χ0) is 12.3. The van der Waals surface area contributed by atoms with Crippen molar-refractivity contribution in [3.63, 3.8) is 0 Å². The Morgan fingerprint density at radius 3 is 2.65 bits per heavy atom. The molecule has 1 aliphatic rings. The predicted octanol–water partition coefficient (Wildman–Crippen LogP) is 1.44. The Hall–Kier alpha value is -1.81. The van der Waals surface area contributed by atoms with Crippen LogP contribution >= 0.6 is 11.6 Å². The molecule has 1 N–H and O–H groups in total. The highest BCUT2D eigenvalue weighted by Gasteiger charge is 2.15. The summed E-state index contributed by atoms with van der Waals surface area (Å²) in [5.74, 6) is -0.608. The van der Waals surface area contributed by atoms with Crippen molar-refractivity contribution >= 4 is 23.5 Å². The maximum atomic E-state index is 11.6. The number of nitrogens with one attached hydrogen (secondary N) is 1. The zero-order valence-electron chi connectivity index (χ0n) is 8.90. The number of ether oxygens (including phenoxy) is 1. The Morgan fingerprint density at radius 1 is 1.35 bits per heavy atom. The summed E-state index contributed by atoms with van der Waals surface area (Å²) in [4.78, 5) is 22.4. The van der Waals surface area contributed by atoms with Crippen molar-refractivity contribution in [1.82, 2.24) is 5.32 Å². The summed E-state index contributed by atoms with van der Waals surface area (Å²) < 4.78 is 4.67. The van der Waals surface area contributed by atoms with Crippen LogP contribution in [0.5, 0.6) is 0 Å². The van der Waals surface area contributed by atoms with Gasteiger partial charge in [0.2, 0.25) is 5.91 Å². The largest absolute Gasteiger partial charge is 0.456 e. The molecule has 0 aliphatic carbocycles. The summed E-state index contributed by atoms with van der Waals surface area (Å²) in [5, 5.41) is 3.25. The Kier molecular flexibility index (Phi) is 3.44. The minimum atomic E-state index is -0.424. The first kappa shape index (κ1) is 11.7. The molecule has 0 radical (unpaired) electrons. The molecule has 1 aromatic carbocycles. The summed E-state index contributed by atoms with van der Waals surface area (Å²) in [6, 6.07) is 7.02. The van der Waals surface area contributed by atoms with E-state index >= 15 is 0 Å². The number of cyclic esters (lactones) is 1. The first-order chi connectivity index (χ1) is 8.13. The second-order valence-corrected chi connectivity index (χ2v) is 4.07. The molecule has 0 unspecified atom stereocenters. The van der Waals surface area contributed by atoms with E-state index in [1.807, 2.05) is 0 Å². The lowest BCUT2D eigenvalue weighted by molar-refractivity contribution is -0.135. The minimum Gasteiger partial charge on any atom is -0.456 e. The maximum absolute atomic E-state index is 11.6. The zero-order valence-corrected chi connectivity index (χ0v) is 9.66. The van der Waals surface area contributed by atoms with E-state index < -0.39 is 5.97 Å². The first-order valence-corrected chi connectivity index (χ1v) is 5.43. The van der Waals surface area contributed by atoms with E-state index in [2.05, 4.69) is 10.1 Å². The van der Waals surface area contributed by atoms with Crippen molar-refractivity contribution in [2.24, 2.45) is 0 Å². The van der Waals surface area contributed by atoms with Gasteiger partial charge in [-0.05, 0) is 17.7 Å². The summed E-state index contributed by atoms with van der Waals surface area (Å²) >= 11 is 5.74. The van der Waals surface area contributed by atoms with E-state index in [9.17, 15) is 9.59 Å². The lowest BCUT2D eigenvalue weighted by Crippen LogP contribution is -2.25. The fourth-order valence-electron chi connectivity index (χ4n) is 1.46. The standard InChI is InChI=1S/C12H10ClNO3/c13-9-3-1-8(2-4-9)5-11(15)14-10-6-12(16)17-7-10/h1-4,6H,5,7H2,(H,14,15). The molecule has 1 heterocycles. The normalized spacial score (nSPS) is 14.2. The fraction of sp³-hybridized carbons (Fsp3) is 0.167. The van der Waals surface area contributed by atoms with Crippen LogP contribution in [0.1, 0.15) is 5.56 Å². The van der Waals surface area contributed by atoms with Gasteiger partial charge in [0.1, 0.15) is 6.61 Å². The maximum Gasteiger partial charge on any atom is 0.333 e. The topological polar surface area (TPSA) is 55.4 Å². The van der Waals surface area contributed by atoms with Gasteiger partial charge in [-0.1, -0.05) is 23.7 Å². The lowest BCUT2D eigenvalue weighted by Gasteiger charge is -2.04. The van der Waals surface area contributed by atoms with E-state index in [1.54, 1.807) is 24.3 Å². The average molecular weight is 252 g/mol. The molecule has 5 heteroatoms. The molecular weight excluding hydrogens is 242 g/mol. The molecule has 0 bridgehead atoms. The van der Waals surface area contributed by atoms with Crippen LogP contribution < -0.4 is 5.32 Å². The second kappa shape index (κ2) is 5.01. The molecule has 4 nitrogen and oxygen atoms in total. The summed E-state index contributed by atoms with van der Waals surface area (Å²) in [5.41, 5.74) is 1.35. The smallest absolute Gasteiger partial charge is 0.333 e. The van der Waals surface area contributed by atoms with Crippen LogP contribution in [0.3, 0.4) is 0 Å². The van der Waals surface area contributed by atoms with Crippen LogP contribution in [0.15, 0.2) is 36.0 Å². The molecule has 0 aromatic heterocycles. The quantitative estimate of drug-likeness (QED) is 0.827. The Balaban J connectivity index is 1.91. The molecule has 2 rings (SSSR count). The van der Waals surface area contributed by atoms with Gasteiger partial charge in [-0.15, -0.1) is 0 Å². The van der Waals surface area contributed by atoms with Gasteiger partial charge in [-0.25, -0.2) is 4.79 Å². The summed E-state index contributed by atoms with van der Waals surface area (Å²) in [6.45, 7) is 0.130. The molecule has 88 valence electrons. The molecule has 0 fully saturated rings. The molecule has 0 saturated heterocycles. The van der Waals surface area contributed by atoms with Crippen molar-refractivity contribution < 1.29 is 14.3 Å². The molecule has 1 aromatic rings. The van der Waals surface area contributed by atoms with Crippen molar-refractivity contribution in [1.29, 1.82) is 0 Å². The number of carbonyl (C=O) groups excluding carboxylic acids is 2.